The van der Waals surface area contributed by atoms with Crippen LogP contribution in [0.5, 0.6) is 0 Å². The van der Waals surface area contributed by atoms with Crippen molar-refractivity contribution in [1.29, 1.82) is 0 Å². The summed E-state index contributed by atoms with van der Waals surface area (Å²) in [4.78, 5) is 21.5. The fourth-order valence-corrected chi connectivity index (χ4v) is 1.51. The van der Waals surface area contributed by atoms with E-state index in [4.69, 9.17) is 0 Å². The first-order valence-corrected chi connectivity index (χ1v) is 6.02. The standard InChI is InChI=1S/C13H24O4/c1-12(2,10(14)15)8-6-5-7-9-13(3,4)11(16)17/h5-9H2,1-4H3,(H,14,15)(H,16,17)/p-2. The summed E-state index contributed by atoms with van der Waals surface area (Å²) < 4.78 is 0. The average molecular weight is 242 g/mol. The van der Waals surface area contributed by atoms with Crippen LogP contribution in [0.15, 0.2) is 0 Å². The Morgan fingerprint density at radius 1 is 0.765 bits per heavy atom. The Balaban J connectivity index is 3.81. The van der Waals surface area contributed by atoms with Gasteiger partial charge in [-0.15, -0.1) is 0 Å². The smallest absolute Gasteiger partial charge is 0.0470 e. The topological polar surface area (TPSA) is 80.3 Å². The van der Waals surface area contributed by atoms with Gasteiger partial charge in [0.15, 0.2) is 0 Å². The summed E-state index contributed by atoms with van der Waals surface area (Å²) >= 11 is 0. The normalized spacial score (nSPS) is 12.5. The molecule has 0 spiro atoms. The Hall–Kier alpha value is -1.06. The second kappa shape index (κ2) is 6.03. The first-order valence-electron chi connectivity index (χ1n) is 6.02. The molecule has 4 nitrogen and oxygen atoms in total. The van der Waals surface area contributed by atoms with Crippen molar-refractivity contribution in [2.24, 2.45) is 10.8 Å². The van der Waals surface area contributed by atoms with Gasteiger partial charge in [0.05, 0.1) is 0 Å². The van der Waals surface area contributed by atoms with E-state index in [1.54, 1.807) is 27.7 Å². The van der Waals surface area contributed by atoms with Crippen molar-refractivity contribution >= 4 is 11.9 Å². The molecule has 0 atom stereocenters. The monoisotopic (exact) mass is 242 g/mol. The lowest BCUT2D eigenvalue weighted by Crippen LogP contribution is -2.38. The highest BCUT2D eigenvalue weighted by atomic mass is 16.4. The quantitative estimate of drug-likeness (QED) is 0.580. The van der Waals surface area contributed by atoms with Gasteiger partial charge in [0.1, 0.15) is 0 Å². The van der Waals surface area contributed by atoms with Gasteiger partial charge in [-0.05, 0) is 12.8 Å². The molecule has 4 heteroatoms. The van der Waals surface area contributed by atoms with Gasteiger partial charge in [-0.25, -0.2) is 0 Å². The Morgan fingerprint density at radius 2 is 1.06 bits per heavy atom. The maximum atomic E-state index is 10.7. The molecule has 0 aromatic carbocycles. The molecule has 0 saturated heterocycles. The van der Waals surface area contributed by atoms with E-state index in [9.17, 15) is 19.8 Å². The van der Waals surface area contributed by atoms with Crippen LogP contribution in [0, 0.1) is 10.8 Å². The Kier molecular flexibility index (Phi) is 5.66. The van der Waals surface area contributed by atoms with Crippen LogP contribution in [0.1, 0.15) is 59.8 Å². The lowest BCUT2D eigenvalue weighted by molar-refractivity contribution is -0.318. The van der Waals surface area contributed by atoms with Gasteiger partial charge in [0.25, 0.3) is 0 Å². The molecule has 0 amide bonds. The predicted octanol–water partition coefficient (Wildman–Crippen LogP) is 0.489. The van der Waals surface area contributed by atoms with Crippen LogP contribution < -0.4 is 10.2 Å². The van der Waals surface area contributed by atoms with Crippen LogP contribution in [-0.4, -0.2) is 11.9 Å². The van der Waals surface area contributed by atoms with Crippen molar-refractivity contribution in [3.8, 4) is 0 Å². The molecular formula is C13H22O4-2. The summed E-state index contributed by atoms with van der Waals surface area (Å²) in [7, 11) is 0. The summed E-state index contributed by atoms with van der Waals surface area (Å²) in [6, 6.07) is 0. The molecule has 0 saturated carbocycles. The first-order chi connectivity index (χ1) is 7.59. The van der Waals surface area contributed by atoms with E-state index in [0.29, 0.717) is 12.8 Å². The molecule has 0 aromatic heterocycles. The zero-order valence-electron chi connectivity index (χ0n) is 11.2. The first kappa shape index (κ1) is 15.9. The highest BCUT2D eigenvalue weighted by Gasteiger charge is 2.20. The summed E-state index contributed by atoms with van der Waals surface area (Å²) in [5, 5.41) is 21.5. The van der Waals surface area contributed by atoms with Crippen molar-refractivity contribution in [2.45, 2.75) is 59.8 Å². The zero-order chi connectivity index (χ0) is 13.7. The van der Waals surface area contributed by atoms with Gasteiger partial charge in [-0.2, -0.15) is 0 Å². The number of aliphatic carboxylic acids is 2. The SMILES string of the molecule is CC(C)(CCCCCC(C)(C)C(=O)[O-])C(=O)[O-]. The van der Waals surface area contributed by atoms with Gasteiger partial charge < -0.3 is 19.8 Å². The van der Waals surface area contributed by atoms with Crippen LogP contribution in [0.2, 0.25) is 0 Å². The molecule has 0 aliphatic rings. The van der Waals surface area contributed by atoms with E-state index in [2.05, 4.69) is 0 Å². The summed E-state index contributed by atoms with van der Waals surface area (Å²) in [6.07, 6.45) is 3.48. The number of hydrogen-bond acceptors (Lipinski definition) is 4. The van der Waals surface area contributed by atoms with Crippen LogP contribution in [0.4, 0.5) is 0 Å². The number of carboxylic acids is 2. The van der Waals surface area contributed by atoms with Crippen LogP contribution in [-0.2, 0) is 9.59 Å². The molecule has 0 radical (unpaired) electrons. The molecular weight excluding hydrogens is 220 g/mol. The predicted molar refractivity (Wildman–Crippen MR) is 60.7 cm³/mol. The third kappa shape index (κ3) is 5.71. The van der Waals surface area contributed by atoms with Gasteiger partial charge >= 0.3 is 0 Å². The van der Waals surface area contributed by atoms with Gasteiger partial charge in [0.2, 0.25) is 0 Å². The number of rotatable bonds is 8. The minimum Gasteiger partial charge on any atom is -0.550 e. The number of carbonyl (C=O) groups excluding carboxylic acids is 2. The van der Waals surface area contributed by atoms with Gasteiger partial charge in [0, 0.05) is 22.8 Å². The largest absolute Gasteiger partial charge is 0.550 e. The molecule has 100 valence electrons. The average Bonchev–Trinajstić information content (AvgIpc) is 2.16. The third-order valence-electron chi connectivity index (χ3n) is 3.21. The molecule has 0 bridgehead atoms. The highest BCUT2D eigenvalue weighted by Crippen LogP contribution is 2.26. The molecule has 0 aliphatic carbocycles. The van der Waals surface area contributed by atoms with Gasteiger partial charge in [-0.3, -0.25) is 0 Å². The lowest BCUT2D eigenvalue weighted by Gasteiger charge is -2.27. The van der Waals surface area contributed by atoms with Crippen LogP contribution in [0.3, 0.4) is 0 Å². The minimum absolute atomic E-state index is 0.557. The molecule has 0 fully saturated rings. The fraction of sp³-hybridized carbons (Fsp3) is 0.846. The lowest BCUT2D eigenvalue weighted by atomic mass is 9.84. The van der Waals surface area contributed by atoms with Crippen molar-refractivity contribution in [1.82, 2.24) is 0 Å². The molecule has 0 N–H and O–H groups in total. The molecule has 0 aromatic rings. The molecule has 0 aliphatic heterocycles. The Labute approximate surface area is 103 Å². The number of carbonyl (C=O) groups is 2. The highest BCUT2D eigenvalue weighted by molar-refractivity contribution is 5.71. The van der Waals surface area contributed by atoms with Crippen LogP contribution in [0.25, 0.3) is 0 Å². The summed E-state index contributed by atoms with van der Waals surface area (Å²) in [5.74, 6) is -2.07. The molecule has 17 heavy (non-hydrogen) atoms. The number of hydrogen-bond donors (Lipinski definition) is 0. The second-order valence-electron chi connectivity index (χ2n) is 5.90. The van der Waals surface area contributed by atoms with E-state index >= 15 is 0 Å². The van der Waals surface area contributed by atoms with E-state index in [0.717, 1.165) is 19.3 Å². The van der Waals surface area contributed by atoms with E-state index in [1.807, 2.05) is 0 Å². The van der Waals surface area contributed by atoms with Gasteiger partial charge in [-0.1, -0.05) is 47.0 Å². The van der Waals surface area contributed by atoms with E-state index < -0.39 is 22.8 Å². The Morgan fingerprint density at radius 3 is 1.29 bits per heavy atom. The second-order valence-corrected chi connectivity index (χ2v) is 5.90. The zero-order valence-corrected chi connectivity index (χ0v) is 11.2. The summed E-state index contributed by atoms with van der Waals surface area (Å²) in [5.41, 5.74) is -1.60. The third-order valence-corrected chi connectivity index (χ3v) is 3.21. The Bertz CT molecular complexity index is 251. The van der Waals surface area contributed by atoms with Crippen molar-refractivity contribution in [3.63, 3.8) is 0 Å². The van der Waals surface area contributed by atoms with Crippen molar-refractivity contribution in [2.75, 3.05) is 0 Å². The van der Waals surface area contributed by atoms with Crippen LogP contribution >= 0.6 is 0 Å². The maximum absolute atomic E-state index is 10.7. The van der Waals surface area contributed by atoms with E-state index in [-0.39, 0.29) is 0 Å². The van der Waals surface area contributed by atoms with Crippen molar-refractivity contribution in [3.05, 3.63) is 0 Å². The minimum atomic E-state index is -1.03. The fourth-order valence-electron chi connectivity index (χ4n) is 1.51. The number of carboxylic acid groups (broad SMARTS) is 2. The van der Waals surface area contributed by atoms with E-state index in [1.165, 1.54) is 0 Å². The maximum Gasteiger partial charge on any atom is 0.0470 e. The molecule has 0 unspecified atom stereocenters. The molecule has 0 rings (SSSR count). The number of unbranched alkanes of at least 4 members (excludes halogenated alkanes) is 2. The van der Waals surface area contributed by atoms with Crippen molar-refractivity contribution < 1.29 is 19.8 Å². The summed E-state index contributed by atoms with van der Waals surface area (Å²) in [6.45, 7) is 6.59. The molecule has 0 heterocycles.